The highest BCUT2D eigenvalue weighted by Crippen LogP contribution is 2.26. The number of amides is 1. The molecular weight excluding hydrogens is 883 g/mol. The maximum absolute atomic E-state index is 13.4. The number of rotatable bonds is 47. The zero-order valence-corrected chi connectivity index (χ0v) is 44.6. The summed E-state index contributed by atoms with van der Waals surface area (Å²) in [5.74, 6) is -1.22. The van der Waals surface area contributed by atoms with E-state index in [4.69, 9.17) is 14.2 Å². The van der Waals surface area contributed by atoms with Crippen LogP contribution < -0.4 is 5.32 Å². The summed E-state index contributed by atoms with van der Waals surface area (Å²) in [6.45, 7) is 5.63. The van der Waals surface area contributed by atoms with E-state index < -0.39 is 67.4 Å². The van der Waals surface area contributed by atoms with Gasteiger partial charge in [-0.1, -0.05) is 248 Å². The second-order valence-electron chi connectivity index (χ2n) is 19.7. The van der Waals surface area contributed by atoms with Crippen molar-refractivity contribution in [1.82, 2.24) is 5.32 Å². The van der Waals surface area contributed by atoms with E-state index >= 15 is 0 Å². The number of nitrogens with one attached hydrogen (secondary N) is 1. The quantitative estimate of drug-likeness (QED) is 0.0149. The minimum Gasteiger partial charge on any atom is -0.454 e. The monoisotopic (exact) mass is 988 g/mol. The highest BCUT2D eigenvalue weighted by Gasteiger charge is 2.47. The highest BCUT2D eigenvalue weighted by molar-refractivity contribution is 5.80. The second kappa shape index (κ2) is 47.4. The summed E-state index contributed by atoms with van der Waals surface area (Å²) in [4.78, 5) is 26.4. The lowest BCUT2D eigenvalue weighted by molar-refractivity contribution is -0.305. The molecule has 1 amide bonds. The number of carbonyl (C=O) groups excluding carboxylic acids is 2. The van der Waals surface area contributed by atoms with Gasteiger partial charge < -0.3 is 45.1 Å². The maximum Gasteiger partial charge on any atom is 0.306 e. The third-order valence-corrected chi connectivity index (χ3v) is 13.3. The first-order chi connectivity index (χ1) is 34.2. The SMILES string of the molecule is CC/C=C/C=C/C=C/C=C\CCCCCCCC(=O)OC1C(OCC(NC(=O)C(O)CCCCCCCCCCCCCCC)C(O)/C=C/CCCCCCCCCCCCC)OC(CO)C(O)C1O. The van der Waals surface area contributed by atoms with E-state index in [1.165, 1.54) is 116 Å². The fraction of sp³-hybridized carbons (Fsp3) is 0.797. The number of unbranched alkanes of at least 4 members (excludes halogenated alkanes) is 28. The van der Waals surface area contributed by atoms with Gasteiger partial charge in [-0.05, 0) is 44.9 Å². The molecule has 1 aliphatic heterocycles. The van der Waals surface area contributed by atoms with Gasteiger partial charge in [-0.2, -0.15) is 0 Å². The van der Waals surface area contributed by atoms with Gasteiger partial charge in [0.2, 0.25) is 5.91 Å². The molecule has 8 atom stereocenters. The predicted octanol–water partition coefficient (Wildman–Crippen LogP) is 12.7. The first kappa shape index (κ1) is 65.4. The number of allylic oxidation sites excluding steroid dienone is 9. The molecule has 11 heteroatoms. The van der Waals surface area contributed by atoms with Crippen LogP contribution in [0.5, 0.6) is 0 Å². The molecule has 0 aromatic heterocycles. The normalized spacial score (nSPS) is 20.1. The van der Waals surface area contributed by atoms with Gasteiger partial charge in [0.05, 0.1) is 25.4 Å². The summed E-state index contributed by atoms with van der Waals surface area (Å²) in [5, 5.41) is 56.8. The zero-order chi connectivity index (χ0) is 51.1. The van der Waals surface area contributed by atoms with Crippen molar-refractivity contribution >= 4 is 11.9 Å². The van der Waals surface area contributed by atoms with Gasteiger partial charge in [0.15, 0.2) is 12.4 Å². The van der Waals surface area contributed by atoms with Crippen LogP contribution in [0.15, 0.2) is 60.8 Å². The average molecular weight is 988 g/mol. The topological polar surface area (TPSA) is 175 Å². The van der Waals surface area contributed by atoms with Gasteiger partial charge in [0, 0.05) is 6.42 Å². The highest BCUT2D eigenvalue weighted by atomic mass is 16.7. The van der Waals surface area contributed by atoms with E-state index in [1.807, 2.05) is 42.5 Å². The largest absolute Gasteiger partial charge is 0.454 e. The third kappa shape index (κ3) is 35.5. The van der Waals surface area contributed by atoms with E-state index in [1.54, 1.807) is 6.08 Å². The summed E-state index contributed by atoms with van der Waals surface area (Å²) >= 11 is 0. The first-order valence-corrected chi connectivity index (χ1v) is 28.6. The third-order valence-electron chi connectivity index (χ3n) is 13.3. The van der Waals surface area contributed by atoms with E-state index in [-0.39, 0.29) is 13.0 Å². The van der Waals surface area contributed by atoms with Gasteiger partial charge in [0.1, 0.15) is 24.4 Å². The molecule has 8 unspecified atom stereocenters. The lowest BCUT2D eigenvalue weighted by Crippen LogP contribution is -2.61. The molecule has 0 saturated carbocycles. The number of carbonyl (C=O) groups is 2. The zero-order valence-electron chi connectivity index (χ0n) is 44.6. The Balaban J connectivity index is 2.76. The lowest BCUT2D eigenvalue weighted by atomic mass is 9.99. The van der Waals surface area contributed by atoms with Crippen LogP contribution in [0, 0.1) is 0 Å². The Morgan fingerprint density at radius 1 is 0.571 bits per heavy atom. The Kier molecular flexibility index (Phi) is 44.2. The molecular formula is C59H105NO10. The molecule has 0 radical (unpaired) electrons. The van der Waals surface area contributed by atoms with Gasteiger partial charge in [-0.25, -0.2) is 0 Å². The number of ether oxygens (including phenoxy) is 3. The molecule has 0 aromatic carbocycles. The van der Waals surface area contributed by atoms with Crippen molar-refractivity contribution in [3.05, 3.63) is 60.8 Å². The molecule has 1 aliphatic rings. The van der Waals surface area contributed by atoms with E-state index in [0.29, 0.717) is 19.3 Å². The molecule has 0 spiro atoms. The minimum absolute atomic E-state index is 0.0968. The van der Waals surface area contributed by atoms with Crippen LogP contribution in [0.4, 0.5) is 0 Å². The van der Waals surface area contributed by atoms with Crippen LogP contribution in [-0.2, 0) is 23.8 Å². The lowest BCUT2D eigenvalue weighted by Gasteiger charge is -2.41. The second-order valence-corrected chi connectivity index (χ2v) is 19.7. The molecule has 0 aliphatic carbocycles. The minimum atomic E-state index is -1.62. The average Bonchev–Trinajstić information content (AvgIpc) is 3.36. The Morgan fingerprint density at radius 3 is 1.54 bits per heavy atom. The van der Waals surface area contributed by atoms with E-state index in [0.717, 1.165) is 77.0 Å². The molecule has 70 heavy (non-hydrogen) atoms. The number of esters is 1. The predicted molar refractivity (Wildman–Crippen MR) is 287 cm³/mol. The number of hydrogen-bond donors (Lipinski definition) is 6. The van der Waals surface area contributed by atoms with Crippen molar-refractivity contribution in [1.29, 1.82) is 0 Å². The number of hydrogen-bond acceptors (Lipinski definition) is 10. The molecule has 1 saturated heterocycles. The number of aliphatic hydroxyl groups excluding tert-OH is 5. The van der Waals surface area contributed by atoms with Crippen LogP contribution in [0.2, 0.25) is 0 Å². The smallest absolute Gasteiger partial charge is 0.306 e. The van der Waals surface area contributed by atoms with Crippen LogP contribution in [0.25, 0.3) is 0 Å². The Hall–Kier alpha value is -2.64. The van der Waals surface area contributed by atoms with Gasteiger partial charge >= 0.3 is 5.97 Å². The molecule has 6 N–H and O–H groups in total. The van der Waals surface area contributed by atoms with Crippen LogP contribution in [0.3, 0.4) is 0 Å². The summed E-state index contributed by atoms with van der Waals surface area (Å²) in [6.07, 6.45) is 46.9. The number of aliphatic hydroxyl groups is 5. The Morgan fingerprint density at radius 2 is 1.03 bits per heavy atom. The Labute approximate surface area is 427 Å². The van der Waals surface area contributed by atoms with Crippen molar-refractivity contribution in [2.45, 2.75) is 288 Å². The fourth-order valence-corrected chi connectivity index (χ4v) is 8.72. The fourth-order valence-electron chi connectivity index (χ4n) is 8.72. The molecule has 11 nitrogen and oxygen atoms in total. The maximum atomic E-state index is 13.4. The Bertz CT molecular complexity index is 1370. The van der Waals surface area contributed by atoms with Gasteiger partial charge in [0.25, 0.3) is 0 Å². The summed E-state index contributed by atoms with van der Waals surface area (Å²) < 4.78 is 17.5. The van der Waals surface area contributed by atoms with E-state index in [2.05, 4.69) is 38.2 Å². The summed E-state index contributed by atoms with van der Waals surface area (Å²) in [7, 11) is 0. The van der Waals surface area contributed by atoms with Crippen molar-refractivity contribution in [3.8, 4) is 0 Å². The molecule has 0 bridgehead atoms. The van der Waals surface area contributed by atoms with Crippen molar-refractivity contribution in [2.24, 2.45) is 0 Å². The first-order valence-electron chi connectivity index (χ1n) is 28.6. The van der Waals surface area contributed by atoms with Gasteiger partial charge in [-0.3, -0.25) is 9.59 Å². The summed E-state index contributed by atoms with van der Waals surface area (Å²) in [5.41, 5.74) is 0. The van der Waals surface area contributed by atoms with Crippen molar-refractivity contribution in [2.75, 3.05) is 13.2 Å². The standard InChI is InChI=1S/C59H105NO10/c1-4-7-10-13-16-19-22-25-26-29-32-35-38-41-44-47-54(64)70-57-56(66)55(65)53(48-61)69-59(57)68-49-50(51(62)45-42-39-36-33-30-27-23-20-17-14-11-8-5-2)60-58(67)52(63)46-43-40-37-34-31-28-24-21-18-15-12-9-6-3/h7,10,13,16,19,22,25-26,42,45,50-53,55-57,59,61-63,65-66H,4-6,8-9,11-12,14-15,17-18,20-21,23-24,27-41,43-44,46-49H2,1-3H3,(H,60,67)/b10-7+,16-13+,22-19+,26-25-,45-42+. The molecule has 1 heterocycles. The van der Waals surface area contributed by atoms with Crippen LogP contribution in [-0.4, -0.2) is 99.6 Å². The van der Waals surface area contributed by atoms with Crippen molar-refractivity contribution < 1.29 is 49.3 Å². The van der Waals surface area contributed by atoms with Crippen LogP contribution >= 0.6 is 0 Å². The molecule has 0 aromatic rings. The molecule has 406 valence electrons. The summed E-state index contributed by atoms with van der Waals surface area (Å²) in [6, 6.07) is -1.03. The molecule has 1 rings (SSSR count). The van der Waals surface area contributed by atoms with Crippen LogP contribution in [0.1, 0.15) is 239 Å². The molecule has 1 fully saturated rings. The van der Waals surface area contributed by atoms with E-state index in [9.17, 15) is 35.1 Å². The van der Waals surface area contributed by atoms with Gasteiger partial charge in [-0.15, -0.1) is 0 Å². The van der Waals surface area contributed by atoms with Crippen molar-refractivity contribution in [3.63, 3.8) is 0 Å².